The second kappa shape index (κ2) is 4.92. The summed E-state index contributed by atoms with van der Waals surface area (Å²) in [6, 6.07) is 5.58. The summed E-state index contributed by atoms with van der Waals surface area (Å²) in [5.74, 6) is 0.748. The van der Waals surface area contributed by atoms with E-state index in [1.165, 1.54) is 0 Å². The Kier molecular flexibility index (Phi) is 3.34. The van der Waals surface area contributed by atoms with Gasteiger partial charge in [0.1, 0.15) is 10.7 Å². The Morgan fingerprint density at radius 1 is 1.53 bits per heavy atom. The number of aromatic nitrogens is 3. The van der Waals surface area contributed by atoms with Crippen LogP contribution in [-0.4, -0.2) is 19.8 Å². The number of nitrogens with two attached hydrogens (primary N) is 1. The molecule has 0 aliphatic carbocycles. The Labute approximate surface area is 105 Å². The predicted molar refractivity (Wildman–Crippen MR) is 71.3 cm³/mol. The van der Waals surface area contributed by atoms with Gasteiger partial charge in [0, 0.05) is 25.0 Å². The number of anilines is 2. The molecule has 0 saturated carbocycles. The molecule has 0 aromatic carbocycles. The molecule has 0 fully saturated rings. The molecule has 0 spiro atoms. The number of rotatable bonds is 4. The molecule has 0 atom stereocenters. The highest BCUT2D eigenvalue weighted by Gasteiger charge is 2.07. The highest BCUT2D eigenvalue weighted by molar-refractivity contribution is 7.80. The second-order valence-electron chi connectivity index (χ2n) is 3.45. The van der Waals surface area contributed by atoms with Gasteiger partial charge in [0.05, 0.1) is 5.69 Å². The first kappa shape index (κ1) is 11.5. The van der Waals surface area contributed by atoms with Crippen LogP contribution in [0.4, 0.5) is 11.5 Å². The molecule has 3 N–H and O–H groups in total. The summed E-state index contributed by atoms with van der Waals surface area (Å²) in [6.45, 7) is 2.86. The number of thiocarbonyl (C=S) groups is 1. The van der Waals surface area contributed by atoms with Gasteiger partial charge in [-0.25, -0.2) is 0 Å². The van der Waals surface area contributed by atoms with Gasteiger partial charge in [0.2, 0.25) is 0 Å². The smallest absolute Gasteiger partial charge is 0.152 e. The standard InChI is InChI=1S/C11H13N5S/c1-2-16-7-5-9(15-16)14-8-4-3-6-13-10(8)11(12)17/h3-7H,2H2,1H3,(H2,12,17)(H,14,15). The van der Waals surface area contributed by atoms with Gasteiger partial charge < -0.3 is 11.1 Å². The van der Waals surface area contributed by atoms with Crippen LogP contribution in [0.15, 0.2) is 30.6 Å². The Morgan fingerprint density at radius 3 is 3.00 bits per heavy atom. The van der Waals surface area contributed by atoms with E-state index < -0.39 is 0 Å². The molecule has 0 unspecified atom stereocenters. The summed E-state index contributed by atoms with van der Waals surface area (Å²) in [5, 5.41) is 7.46. The molecule has 6 heteroatoms. The monoisotopic (exact) mass is 247 g/mol. The highest BCUT2D eigenvalue weighted by Crippen LogP contribution is 2.17. The SMILES string of the molecule is CCn1ccc(Nc2cccnc2C(N)=S)n1. The van der Waals surface area contributed by atoms with Crippen molar-refractivity contribution >= 4 is 28.7 Å². The van der Waals surface area contributed by atoms with Crippen LogP contribution in [0.1, 0.15) is 12.6 Å². The molecular formula is C11H13N5S. The van der Waals surface area contributed by atoms with Crippen molar-refractivity contribution in [3.8, 4) is 0 Å². The van der Waals surface area contributed by atoms with Crippen LogP contribution in [-0.2, 0) is 6.54 Å². The van der Waals surface area contributed by atoms with Gasteiger partial charge in [-0.3, -0.25) is 9.67 Å². The van der Waals surface area contributed by atoms with Crippen LogP contribution in [0, 0.1) is 0 Å². The third-order valence-electron chi connectivity index (χ3n) is 2.27. The Morgan fingerprint density at radius 2 is 2.35 bits per heavy atom. The second-order valence-corrected chi connectivity index (χ2v) is 3.89. The van der Waals surface area contributed by atoms with Crippen molar-refractivity contribution in [2.75, 3.05) is 5.32 Å². The summed E-state index contributed by atoms with van der Waals surface area (Å²) in [7, 11) is 0. The van der Waals surface area contributed by atoms with Crippen molar-refractivity contribution in [1.29, 1.82) is 0 Å². The number of nitrogens with zero attached hydrogens (tertiary/aromatic N) is 3. The van der Waals surface area contributed by atoms with Gasteiger partial charge in [-0.05, 0) is 19.1 Å². The lowest BCUT2D eigenvalue weighted by Crippen LogP contribution is -2.14. The van der Waals surface area contributed by atoms with Gasteiger partial charge >= 0.3 is 0 Å². The first-order valence-electron chi connectivity index (χ1n) is 5.26. The van der Waals surface area contributed by atoms with Crippen LogP contribution >= 0.6 is 12.2 Å². The fourth-order valence-corrected chi connectivity index (χ4v) is 1.61. The van der Waals surface area contributed by atoms with Crippen molar-refractivity contribution in [2.24, 2.45) is 5.73 Å². The third kappa shape index (κ3) is 2.59. The number of hydrogen-bond acceptors (Lipinski definition) is 4. The minimum atomic E-state index is 0.267. The molecule has 0 amide bonds. The van der Waals surface area contributed by atoms with Crippen LogP contribution in [0.5, 0.6) is 0 Å². The fraction of sp³-hybridized carbons (Fsp3) is 0.182. The molecule has 0 radical (unpaired) electrons. The van der Waals surface area contributed by atoms with E-state index in [0.717, 1.165) is 18.1 Å². The maximum Gasteiger partial charge on any atom is 0.152 e. The Balaban J connectivity index is 2.26. The van der Waals surface area contributed by atoms with Crippen molar-refractivity contribution in [3.63, 3.8) is 0 Å². The normalized spacial score (nSPS) is 10.2. The van der Waals surface area contributed by atoms with E-state index in [1.807, 2.05) is 36.0 Å². The molecule has 88 valence electrons. The van der Waals surface area contributed by atoms with Crippen LogP contribution < -0.4 is 11.1 Å². The first-order chi connectivity index (χ1) is 8.20. The number of hydrogen-bond donors (Lipinski definition) is 2. The minimum Gasteiger partial charge on any atom is -0.388 e. The Bertz CT molecular complexity index is 534. The van der Waals surface area contributed by atoms with Crippen molar-refractivity contribution in [3.05, 3.63) is 36.3 Å². The number of nitrogens with one attached hydrogen (secondary N) is 1. The quantitative estimate of drug-likeness (QED) is 0.804. The van der Waals surface area contributed by atoms with Gasteiger partial charge in [-0.15, -0.1) is 0 Å². The number of aryl methyl sites for hydroxylation is 1. The van der Waals surface area contributed by atoms with Crippen molar-refractivity contribution < 1.29 is 0 Å². The van der Waals surface area contributed by atoms with E-state index in [2.05, 4.69) is 15.4 Å². The van der Waals surface area contributed by atoms with Crippen LogP contribution in [0.25, 0.3) is 0 Å². The zero-order valence-corrected chi connectivity index (χ0v) is 10.2. The summed E-state index contributed by atoms with van der Waals surface area (Å²) in [4.78, 5) is 4.40. The number of pyridine rings is 1. The molecule has 0 aliphatic heterocycles. The van der Waals surface area contributed by atoms with Gasteiger partial charge in [-0.1, -0.05) is 12.2 Å². The summed E-state index contributed by atoms with van der Waals surface area (Å²) in [5.41, 5.74) is 6.95. The van der Waals surface area contributed by atoms with E-state index in [0.29, 0.717) is 5.69 Å². The van der Waals surface area contributed by atoms with Gasteiger partial charge in [0.15, 0.2) is 5.82 Å². The van der Waals surface area contributed by atoms with Crippen molar-refractivity contribution in [2.45, 2.75) is 13.5 Å². The van der Waals surface area contributed by atoms with Crippen molar-refractivity contribution in [1.82, 2.24) is 14.8 Å². The van der Waals surface area contributed by atoms with E-state index in [-0.39, 0.29) is 4.99 Å². The molecular weight excluding hydrogens is 234 g/mol. The van der Waals surface area contributed by atoms with Gasteiger partial charge in [0.25, 0.3) is 0 Å². The largest absolute Gasteiger partial charge is 0.388 e. The van der Waals surface area contributed by atoms with Crippen LogP contribution in [0.3, 0.4) is 0 Å². The lowest BCUT2D eigenvalue weighted by atomic mass is 10.3. The molecule has 0 aliphatic rings. The summed E-state index contributed by atoms with van der Waals surface area (Å²) in [6.07, 6.45) is 3.56. The lowest BCUT2D eigenvalue weighted by molar-refractivity contribution is 0.662. The molecule has 2 heterocycles. The lowest BCUT2D eigenvalue weighted by Gasteiger charge is -2.07. The van der Waals surface area contributed by atoms with E-state index >= 15 is 0 Å². The maximum atomic E-state index is 5.60. The maximum absolute atomic E-state index is 5.60. The Hall–Kier alpha value is -1.95. The molecule has 2 aromatic rings. The van der Waals surface area contributed by atoms with Crippen LogP contribution in [0.2, 0.25) is 0 Å². The fourth-order valence-electron chi connectivity index (χ4n) is 1.44. The molecule has 5 nitrogen and oxygen atoms in total. The zero-order chi connectivity index (χ0) is 12.3. The third-order valence-corrected chi connectivity index (χ3v) is 2.46. The highest BCUT2D eigenvalue weighted by atomic mass is 32.1. The van der Waals surface area contributed by atoms with Gasteiger partial charge in [-0.2, -0.15) is 5.10 Å². The van der Waals surface area contributed by atoms with E-state index in [1.54, 1.807) is 6.20 Å². The molecule has 17 heavy (non-hydrogen) atoms. The topological polar surface area (TPSA) is 68.8 Å². The molecule has 0 bridgehead atoms. The minimum absolute atomic E-state index is 0.267. The zero-order valence-electron chi connectivity index (χ0n) is 9.42. The predicted octanol–water partition coefficient (Wildman–Crippen LogP) is 1.68. The summed E-state index contributed by atoms with van der Waals surface area (Å²) < 4.78 is 1.83. The average molecular weight is 247 g/mol. The molecule has 2 rings (SSSR count). The molecule has 0 saturated heterocycles. The van der Waals surface area contributed by atoms with E-state index in [9.17, 15) is 0 Å². The van der Waals surface area contributed by atoms with E-state index in [4.69, 9.17) is 18.0 Å². The average Bonchev–Trinajstić information content (AvgIpc) is 2.77. The first-order valence-corrected chi connectivity index (χ1v) is 5.67. The molecule has 2 aromatic heterocycles. The summed E-state index contributed by atoms with van der Waals surface area (Å²) >= 11 is 4.94.